The summed E-state index contributed by atoms with van der Waals surface area (Å²) in [4.78, 5) is 23.3. The Balaban J connectivity index is 2.39. The van der Waals surface area contributed by atoms with Crippen molar-refractivity contribution in [1.82, 2.24) is 4.57 Å². The minimum Gasteiger partial charge on any atom is -0.497 e. The van der Waals surface area contributed by atoms with Gasteiger partial charge in [0.15, 0.2) is 5.43 Å². The monoisotopic (exact) mass is 259 g/mol. The van der Waals surface area contributed by atoms with E-state index in [1.165, 1.54) is 13.2 Å². The Morgan fingerprint density at radius 2 is 2.11 bits per heavy atom. The molecule has 19 heavy (non-hydrogen) atoms. The first-order chi connectivity index (χ1) is 9.11. The quantitative estimate of drug-likeness (QED) is 0.915. The highest BCUT2D eigenvalue weighted by molar-refractivity contribution is 5.91. The molecule has 5 nitrogen and oxygen atoms in total. The van der Waals surface area contributed by atoms with Crippen LogP contribution < -0.4 is 10.2 Å². The topological polar surface area (TPSA) is 68.5 Å². The zero-order valence-electron chi connectivity index (χ0n) is 10.4. The van der Waals surface area contributed by atoms with Gasteiger partial charge in [-0.3, -0.25) is 4.79 Å². The second kappa shape index (κ2) is 4.12. The van der Waals surface area contributed by atoms with Crippen molar-refractivity contribution in [2.24, 2.45) is 0 Å². The molecular weight excluding hydrogens is 246 g/mol. The number of benzene rings is 1. The Morgan fingerprint density at radius 1 is 1.37 bits per heavy atom. The summed E-state index contributed by atoms with van der Waals surface area (Å²) in [5, 5.41) is 9.74. The lowest BCUT2D eigenvalue weighted by molar-refractivity contribution is 0.0684. The lowest BCUT2D eigenvalue weighted by Gasteiger charge is -2.14. The number of aromatic nitrogens is 1. The van der Waals surface area contributed by atoms with Gasteiger partial charge in [0, 0.05) is 17.5 Å². The number of rotatable bonds is 3. The minimum atomic E-state index is -1.07. The summed E-state index contributed by atoms with van der Waals surface area (Å²) in [6.07, 6.45) is 1.90. The second-order valence-electron chi connectivity index (χ2n) is 4.68. The number of hydrogen-bond donors (Lipinski definition) is 1. The second-order valence-corrected chi connectivity index (χ2v) is 4.68. The first-order valence-corrected chi connectivity index (χ1v) is 6.08. The third-order valence-electron chi connectivity index (χ3n) is 3.39. The van der Waals surface area contributed by atoms with Crippen LogP contribution in [0.25, 0.3) is 10.9 Å². The molecule has 0 radical (unpaired) electrons. The first kappa shape index (κ1) is 11.8. The lowest BCUT2D eigenvalue weighted by Crippen LogP contribution is -2.17. The molecule has 0 bridgehead atoms. The summed E-state index contributed by atoms with van der Waals surface area (Å²) in [6.45, 7) is 0. The van der Waals surface area contributed by atoms with E-state index in [1.807, 2.05) is 0 Å². The number of methoxy groups -OCH3 is 1. The SMILES string of the molecule is COc1ccc2c(c1)c(=O)cc(C(=O)O)n2C1CC1. The van der Waals surface area contributed by atoms with Crippen molar-refractivity contribution in [1.29, 1.82) is 0 Å². The summed E-state index contributed by atoms with van der Waals surface area (Å²) in [7, 11) is 1.53. The molecule has 1 aromatic heterocycles. The van der Waals surface area contributed by atoms with Crippen LogP contribution in [-0.2, 0) is 0 Å². The highest BCUT2D eigenvalue weighted by Crippen LogP contribution is 2.38. The molecular formula is C14H13NO4. The van der Waals surface area contributed by atoms with Gasteiger partial charge in [-0.1, -0.05) is 0 Å². The number of aromatic carboxylic acids is 1. The summed E-state index contributed by atoms with van der Waals surface area (Å²) >= 11 is 0. The van der Waals surface area contributed by atoms with E-state index in [0.717, 1.165) is 12.8 Å². The smallest absolute Gasteiger partial charge is 0.352 e. The first-order valence-electron chi connectivity index (χ1n) is 6.08. The number of pyridine rings is 1. The molecule has 1 fully saturated rings. The van der Waals surface area contributed by atoms with Gasteiger partial charge in [-0.15, -0.1) is 0 Å². The van der Waals surface area contributed by atoms with Crippen molar-refractivity contribution in [3.05, 3.63) is 40.2 Å². The van der Waals surface area contributed by atoms with Gasteiger partial charge in [0.1, 0.15) is 11.4 Å². The summed E-state index contributed by atoms with van der Waals surface area (Å²) in [5.74, 6) is -0.475. The summed E-state index contributed by atoms with van der Waals surface area (Å²) in [6, 6.07) is 6.53. The number of carboxylic acids is 1. The van der Waals surface area contributed by atoms with E-state index in [0.29, 0.717) is 16.7 Å². The number of hydrogen-bond acceptors (Lipinski definition) is 3. The maximum Gasteiger partial charge on any atom is 0.352 e. The molecule has 0 amide bonds. The number of ether oxygens (including phenoxy) is 1. The van der Waals surface area contributed by atoms with Crippen LogP contribution in [0.4, 0.5) is 0 Å². The van der Waals surface area contributed by atoms with E-state index in [4.69, 9.17) is 4.74 Å². The molecule has 1 heterocycles. The molecule has 5 heteroatoms. The Hall–Kier alpha value is -2.30. The lowest BCUT2D eigenvalue weighted by atomic mass is 10.1. The molecule has 2 aromatic rings. The third-order valence-corrected chi connectivity index (χ3v) is 3.39. The molecule has 1 aliphatic rings. The molecule has 0 atom stereocenters. The van der Waals surface area contributed by atoms with Crippen LogP contribution in [0.3, 0.4) is 0 Å². The average molecular weight is 259 g/mol. The van der Waals surface area contributed by atoms with Crippen LogP contribution in [0.15, 0.2) is 29.1 Å². The fraction of sp³-hybridized carbons (Fsp3) is 0.286. The van der Waals surface area contributed by atoms with Gasteiger partial charge < -0.3 is 14.4 Å². The zero-order chi connectivity index (χ0) is 13.6. The van der Waals surface area contributed by atoms with Gasteiger partial charge in [0.2, 0.25) is 0 Å². The minimum absolute atomic E-state index is 0.0603. The Morgan fingerprint density at radius 3 is 2.68 bits per heavy atom. The molecule has 1 N–H and O–H groups in total. The standard InChI is InChI=1S/C14H13NO4/c1-19-9-4-5-11-10(6-9)13(16)7-12(14(17)18)15(11)8-2-3-8/h4-8H,2-3H2,1H3,(H,17,18). The molecule has 1 saturated carbocycles. The molecule has 0 saturated heterocycles. The van der Waals surface area contributed by atoms with Crippen LogP contribution in [0.5, 0.6) is 5.75 Å². The van der Waals surface area contributed by atoms with Crippen molar-refractivity contribution in [2.75, 3.05) is 7.11 Å². The third kappa shape index (κ3) is 1.87. The number of fused-ring (bicyclic) bond motifs is 1. The van der Waals surface area contributed by atoms with Gasteiger partial charge in [0.05, 0.1) is 12.6 Å². The van der Waals surface area contributed by atoms with Crippen LogP contribution in [-0.4, -0.2) is 22.8 Å². The van der Waals surface area contributed by atoms with Gasteiger partial charge >= 0.3 is 5.97 Å². The Bertz CT molecular complexity index is 728. The zero-order valence-corrected chi connectivity index (χ0v) is 10.4. The van der Waals surface area contributed by atoms with Crippen LogP contribution in [0.1, 0.15) is 29.4 Å². The molecule has 0 unspecified atom stereocenters. The molecule has 0 spiro atoms. The fourth-order valence-electron chi connectivity index (χ4n) is 2.34. The number of carbonyl (C=O) groups is 1. The number of carboxylic acid groups (broad SMARTS) is 1. The van der Waals surface area contributed by atoms with Crippen molar-refractivity contribution in [3.8, 4) is 5.75 Å². The van der Waals surface area contributed by atoms with E-state index >= 15 is 0 Å². The van der Waals surface area contributed by atoms with Crippen molar-refractivity contribution in [3.63, 3.8) is 0 Å². The van der Waals surface area contributed by atoms with Crippen LogP contribution >= 0.6 is 0 Å². The average Bonchev–Trinajstić information content (AvgIpc) is 3.22. The highest BCUT2D eigenvalue weighted by atomic mass is 16.5. The van der Waals surface area contributed by atoms with Crippen molar-refractivity contribution >= 4 is 16.9 Å². The predicted molar refractivity (Wildman–Crippen MR) is 70.0 cm³/mol. The normalized spacial score (nSPS) is 14.6. The van der Waals surface area contributed by atoms with Crippen molar-refractivity contribution < 1.29 is 14.6 Å². The maximum absolute atomic E-state index is 12.0. The largest absolute Gasteiger partial charge is 0.497 e. The van der Waals surface area contributed by atoms with E-state index < -0.39 is 5.97 Å². The van der Waals surface area contributed by atoms with E-state index in [9.17, 15) is 14.7 Å². The maximum atomic E-state index is 12.0. The highest BCUT2D eigenvalue weighted by Gasteiger charge is 2.29. The molecule has 1 aromatic carbocycles. The molecule has 98 valence electrons. The Labute approximate surface area is 109 Å². The Kier molecular flexibility index (Phi) is 2.55. The van der Waals surface area contributed by atoms with E-state index in [-0.39, 0.29) is 17.2 Å². The molecule has 3 rings (SSSR count). The van der Waals surface area contributed by atoms with Crippen molar-refractivity contribution in [2.45, 2.75) is 18.9 Å². The fourth-order valence-corrected chi connectivity index (χ4v) is 2.34. The van der Waals surface area contributed by atoms with Gasteiger partial charge in [-0.2, -0.15) is 0 Å². The summed E-state index contributed by atoms with van der Waals surface area (Å²) in [5.41, 5.74) is 0.432. The van der Waals surface area contributed by atoms with E-state index in [1.54, 1.807) is 22.8 Å². The van der Waals surface area contributed by atoms with Crippen LogP contribution in [0, 0.1) is 0 Å². The van der Waals surface area contributed by atoms with E-state index in [2.05, 4.69) is 0 Å². The molecule has 1 aliphatic carbocycles. The van der Waals surface area contributed by atoms with Gasteiger partial charge in [0.25, 0.3) is 0 Å². The summed E-state index contributed by atoms with van der Waals surface area (Å²) < 4.78 is 6.86. The van der Waals surface area contributed by atoms with Crippen LogP contribution in [0.2, 0.25) is 0 Å². The number of nitrogens with zero attached hydrogens (tertiary/aromatic N) is 1. The predicted octanol–water partition coefficient (Wildman–Crippen LogP) is 2.04. The van der Waals surface area contributed by atoms with Gasteiger partial charge in [-0.25, -0.2) is 4.79 Å². The van der Waals surface area contributed by atoms with Gasteiger partial charge in [-0.05, 0) is 31.0 Å². The molecule has 0 aliphatic heterocycles.